The van der Waals surface area contributed by atoms with Gasteiger partial charge in [0, 0.05) is 28.7 Å². The van der Waals surface area contributed by atoms with Gasteiger partial charge in [-0.1, -0.05) is 0 Å². The number of halogens is 1. The van der Waals surface area contributed by atoms with Crippen molar-refractivity contribution in [3.8, 4) is 0 Å². The zero-order chi connectivity index (χ0) is 13.3. The van der Waals surface area contributed by atoms with Crippen LogP contribution >= 0.6 is 0 Å². The molecule has 0 unspecified atom stereocenters. The van der Waals surface area contributed by atoms with Crippen molar-refractivity contribution in [2.24, 2.45) is 0 Å². The van der Waals surface area contributed by atoms with Gasteiger partial charge in [0.1, 0.15) is 11.5 Å². The number of nitrogen functional groups attached to an aromatic ring is 1. The molecule has 3 N–H and O–H groups in total. The van der Waals surface area contributed by atoms with Crippen LogP contribution in [0.5, 0.6) is 0 Å². The minimum Gasteiger partial charge on any atom is -0.398 e. The number of carbonyl (C=O) groups is 1. The van der Waals surface area contributed by atoms with Crippen LogP contribution in [0.2, 0.25) is 0 Å². The van der Waals surface area contributed by atoms with Crippen LogP contribution in [0.15, 0.2) is 24.4 Å². The first-order chi connectivity index (χ1) is 8.50. The molecular weight excluding hydrogens is 233 g/mol. The van der Waals surface area contributed by atoms with Gasteiger partial charge in [-0.05, 0) is 32.0 Å². The fourth-order valence-corrected chi connectivity index (χ4v) is 1.79. The Kier molecular flexibility index (Phi) is 3.14. The number of pyridine rings is 1. The predicted octanol–water partition coefficient (Wildman–Crippen LogP) is 2.09. The van der Waals surface area contributed by atoms with Crippen LogP contribution in [-0.4, -0.2) is 16.9 Å². The van der Waals surface area contributed by atoms with Gasteiger partial charge in [0.15, 0.2) is 0 Å². The maximum Gasteiger partial charge on any atom is 0.270 e. The summed E-state index contributed by atoms with van der Waals surface area (Å²) in [4.78, 5) is 16.0. The van der Waals surface area contributed by atoms with Crippen LogP contribution in [0.25, 0.3) is 10.8 Å². The molecule has 1 aromatic heterocycles. The maximum atomic E-state index is 13.7. The fourth-order valence-electron chi connectivity index (χ4n) is 1.79. The Morgan fingerprint density at radius 3 is 2.78 bits per heavy atom. The Hall–Kier alpha value is -2.17. The van der Waals surface area contributed by atoms with Gasteiger partial charge in [-0.3, -0.25) is 9.78 Å². The Bertz CT molecular complexity index is 610. The van der Waals surface area contributed by atoms with Gasteiger partial charge in [0.25, 0.3) is 5.91 Å². The number of nitrogens with one attached hydrogen (secondary N) is 1. The Balaban J connectivity index is 2.65. The highest BCUT2D eigenvalue weighted by atomic mass is 19.1. The smallest absolute Gasteiger partial charge is 0.270 e. The van der Waals surface area contributed by atoms with E-state index in [1.165, 1.54) is 24.4 Å². The van der Waals surface area contributed by atoms with Gasteiger partial charge >= 0.3 is 0 Å². The molecule has 2 aromatic rings. The highest BCUT2D eigenvalue weighted by Gasteiger charge is 2.16. The first-order valence-electron chi connectivity index (χ1n) is 5.64. The second-order valence-electron chi connectivity index (χ2n) is 4.35. The van der Waals surface area contributed by atoms with Gasteiger partial charge in [0.2, 0.25) is 0 Å². The van der Waals surface area contributed by atoms with E-state index in [0.717, 1.165) is 0 Å². The highest BCUT2D eigenvalue weighted by molar-refractivity contribution is 6.09. The number of hydrogen-bond donors (Lipinski definition) is 2. The van der Waals surface area contributed by atoms with E-state index in [2.05, 4.69) is 10.3 Å². The number of nitrogens with zero attached hydrogens (tertiary/aromatic N) is 1. The SMILES string of the molecule is CC(C)NC(=O)c1nccc2c(F)ccc(N)c12. The quantitative estimate of drug-likeness (QED) is 0.798. The lowest BCUT2D eigenvalue weighted by molar-refractivity contribution is 0.0940. The molecular formula is C13H14FN3O. The summed E-state index contributed by atoms with van der Waals surface area (Å²) in [5.41, 5.74) is 6.30. The molecule has 0 aliphatic rings. The Morgan fingerprint density at radius 2 is 2.11 bits per heavy atom. The molecule has 0 fully saturated rings. The van der Waals surface area contributed by atoms with E-state index in [-0.39, 0.29) is 17.6 Å². The van der Waals surface area contributed by atoms with E-state index in [9.17, 15) is 9.18 Å². The second-order valence-corrected chi connectivity index (χ2v) is 4.35. The topological polar surface area (TPSA) is 68.0 Å². The van der Waals surface area contributed by atoms with Gasteiger partial charge < -0.3 is 11.1 Å². The lowest BCUT2D eigenvalue weighted by Crippen LogP contribution is -2.31. The van der Waals surface area contributed by atoms with Crippen molar-refractivity contribution in [2.75, 3.05) is 5.73 Å². The van der Waals surface area contributed by atoms with Crippen molar-refractivity contribution in [3.63, 3.8) is 0 Å². The summed E-state index contributed by atoms with van der Waals surface area (Å²) in [7, 11) is 0. The van der Waals surface area contributed by atoms with Gasteiger partial charge in [-0.2, -0.15) is 0 Å². The Morgan fingerprint density at radius 1 is 1.39 bits per heavy atom. The van der Waals surface area contributed by atoms with E-state index in [4.69, 9.17) is 5.73 Å². The molecule has 0 aliphatic carbocycles. The molecule has 0 bridgehead atoms. The zero-order valence-corrected chi connectivity index (χ0v) is 10.2. The average molecular weight is 247 g/mol. The summed E-state index contributed by atoms with van der Waals surface area (Å²) in [6, 6.07) is 4.20. The van der Waals surface area contributed by atoms with Crippen LogP contribution in [0.3, 0.4) is 0 Å². The average Bonchev–Trinajstić information content (AvgIpc) is 2.32. The van der Waals surface area contributed by atoms with Crippen molar-refractivity contribution < 1.29 is 9.18 Å². The summed E-state index contributed by atoms with van der Waals surface area (Å²) < 4.78 is 13.7. The maximum absolute atomic E-state index is 13.7. The first-order valence-corrected chi connectivity index (χ1v) is 5.64. The normalized spacial score (nSPS) is 10.9. The number of carbonyl (C=O) groups excluding carboxylic acids is 1. The van der Waals surface area contributed by atoms with Crippen molar-refractivity contribution in [2.45, 2.75) is 19.9 Å². The van der Waals surface area contributed by atoms with Gasteiger partial charge in [0.05, 0.1) is 0 Å². The number of aromatic nitrogens is 1. The van der Waals surface area contributed by atoms with Gasteiger partial charge in [-0.25, -0.2) is 4.39 Å². The molecule has 0 spiro atoms. The third-order valence-electron chi connectivity index (χ3n) is 2.54. The molecule has 1 heterocycles. The third kappa shape index (κ3) is 2.11. The number of fused-ring (bicyclic) bond motifs is 1. The van der Waals surface area contributed by atoms with Crippen LogP contribution in [0.1, 0.15) is 24.3 Å². The van der Waals surface area contributed by atoms with Crippen molar-refractivity contribution in [3.05, 3.63) is 35.9 Å². The molecule has 94 valence electrons. The Labute approximate surface area is 104 Å². The number of nitrogens with two attached hydrogens (primary N) is 1. The highest BCUT2D eigenvalue weighted by Crippen LogP contribution is 2.25. The largest absolute Gasteiger partial charge is 0.398 e. The summed E-state index contributed by atoms with van der Waals surface area (Å²) >= 11 is 0. The summed E-state index contributed by atoms with van der Waals surface area (Å²) in [5, 5.41) is 3.38. The van der Waals surface area contributed by atoms with Crippen LogP contribution < -0.4 is 11.1 Å². The number of hydrogen-bond acceptors (Lipinski definition) is 3. The summed E-state index contributed by atoms with van der Waals surface area (Å²) in [5.74, 6) is -0.770. The molecule has 18 heavy (non-hydrogen) atoms. The van der Waals surface area contributed by atoms with Crippen LogP contribution in [-0.2, 0) is 0 Å². The molecule has 1 amide bonds. The molecule has 0 saturated heterocycles. The third-order valence-corrected chi connectivity index (χ3v) is 2.54. The fraction of sp³-hybridized carbons (Fsp3) is 0.231. The lowest BCUT2D eigenvalue weighted by Gasteiger charge is -2.11. The second kappa shape index (κ2) is 4.60. The monoisotopic (exact) mass is 247 g/mol. The summed E-state index contributed by atoms with van der Waals surface area (Å²) in [6.45, 7) is 3.68. The minimum absolute atomic E-state index is 0.0238. The van der Waals surface area contributed by atoms with Gasteiger partial charge in [-0.15, -0.1) is 0 Å². The molecule has 0 radical (unpaired) electrons. The first kappa shape index (κ1) is 12.3. The standard InChI is InChI=1S/C13H14FN3O/c1-7(2)17-13(18)12-11-8(5-6-16-12)9(14)3-4-10(11)15/h3-7H,15H2,1-2H3,(H,17,18). The van der Waals surface area contributed by atoms with E-state index in [1.54, 1.807) is 0 Å². The van der Waals surface area contributed by atoms with E-state index in [1.807, 2.05) is 13.8 Å². The van der Waals surface area contributed by atoms with E-state index < -0.39 is 5.82 Å². The molecule has 0 aliphatic heterocycles. The van der Waals surface area contributed by atoms with Crippen molar-refractivity contribution in [1.29, 1.82) is 0 Å². The number of benzene rings is 1. The van der Waals surface area contributed by atoms with E-state index in [0.29, 0.717) is 16.5 Å². The van der Waals surface area contributed by atoms with E-state index >= 15 is 0 Å². The molecule has 1 aromatic carbocycles. The van der Waals surface area contributed by atoms with Crippen LogP contribution in [0.4, 0.5) is 10.1 Å². The number of rotatable bonds is 2. The molecule has 0 atom stereocenters. The summed E-state index contributed by atoms with van der Waals surface area (Å²) in [6.07, 6.45) is 1.40. The number of anilines is 1. The minimum atomic E-state index is -0.416. The predicted molar refractivity (Wildman–Crippen MR) is 68.7 cm³/mol. The number of amides is 1. The molecule has 4 nitrogen and oxygen atoms in total. The van der Waals surface area contributed by atoms with Crippen LogP contribution in [0, 0.1) is 5.82 Å². The van der Waals surface area contributed by atoms with Crippen molar-refractivity contribution >= 4 is 22.4 Å². The lowest BCUT2D eigenvalue weighted by atomic mass is 10.1. The molecule has 5 heteroatoms. The zero-order valence-electron chi connectivity index (χ0n) is 10.2. The molecule has 0 saturated carbocycles. The van der Waals surface area contributed by atoms with Crippen molar-refractivity contribution in [1.82, 2.24) is 10.3 Å². The molecule has 2 rings (SSSR count).